The maximum absolute atomic E-state index is 12.3. The number of methoxy groups -OCH3 is 1. The predicted molar refractivity (Wildman–Crippen MR) is 98.1 cm³/mol. The number of aromatic nitrogens is 1. The Morgan fingerprint density at radius 1 is 1.20 bits per heavy atom. The first kappa shape index (κ1) is 18.7. The standard InChI is InChI=1S/C19H25N3O3/c1-13-7-5-8-16(14(13)2)15(3)21-19(23)22-17-9-6-10-20-18(17)25-12-11-24-4/h5-10,15H,11-12H2,1-4H3,(H2,21,22,23). The van der Waals surface area contributed by atoms with Gasteiger partial charge in [0, 0.05) is 13.3 Å². The van der Waals surface area contributed by atoms with Gasteiger partial charge in [0.15, 0.2) is 0 Å². The number of carbonyl (C=O) groups excluding carboxylic acids is 1. The van der Waals surface area contributed by atoms with Crippen molar-refractivity contribution >= 4 is 11.7 Å². The van der Waals surface area contributed by atoms with Crippen LogP contribution in [0.1, 0.15) is 29.7 Å². The van der Waals surface area contributed by atoms with E-state index in [0.29, 0.717) is 24.8 Å². The molecule has 0 aliphatic carbocycles. The summed E-state index contributed by atoms with van der Waals surface area (Å²) in [7, 11) is 1.60. The monoisotopic (exact) mass is 343 g/mol. The summed E-state index contributed by atoms with van der Waals surface area (Å²) in [5, 5.41) is 5.74. The number of urea groups is 1. The Balaban J connectivity index is 2.01. The molecule has 0 fully saturated rings. The van der Waals surface area contributed by atoms with Crippen molar-refractivity contribution in [3.63, 3.8) is 0 Å². The number of hydrogen-bond donors (Lipinski definition) is 2. The molecule has 134 valence electrons. The third-order valence-electron chi connectivity index (χ3n) is 4.01. The van der Waals surface area contributed by atoms with Crippen LogP contribution in [0.25, 0.3) is 0 Å². The number of benzene rings is 1. The molecule has 1 heterocycles. The molecule has 2 rings (SSSR count). The molecular formula is C19H25N3O3. The molecule has 0 aliphatic rings. The van der Waals surface area contributed by atoms with Gasteiger partial charge in [-0.05, 0) is 49.6 Å². The number of hydrogen-bond acceptors (Lipinski definition) is 4. The van der Waals surface area contributed by atoms with Crippen LogP contribution in [0.4, 0.5) is 10.5 Å². The number of ether oxygens (including phenoxy) is 2. The fourth-order valence-electron chi connectivity index (χ4n) is 2.50. The van der Waals surface area contributed by atoms with Gasteiger partial charge >= 0.3 is 6.03 Å². The Morgan fingerprint density at radius 3 is 2.76 bits per heavy atom. The summed E-state index contributed by atoms with van der Waals surface area (Å²) >= 11 is 0. The van der Waals surface area contributed by atoms with Gasteiger partial charge in [-0.25, -0.2) is 9.78 Å². The summed E-state index contributed by atoms with van der Waals surface area (Å²) in [6.45, 7) is 6.89. The second kappa shape index (κ2) is 9.03. The van der Waals surface area contributed by atoms with E-state index in [1.165, 1.54) is 11.1 Å². The van der Waals surface area contributed by atoms with Crippen LogP contribution >= 0.6 is 0 Å². The number of amides is 2. The minimum absolute atomic E-state index is 0.116. The van der Waals surface area contributed by atoms with E-state index in [-0.39, 0.29) is 12.1 Å². The second-order valence-corrected chi connectivity index (χ2v) is 5.81. The van der Waals surface area contributed by atoms with E-state index in [2.05, 4.69) is 35.5 Å². The molecule has 0 saturated carbocycles. The molecule has 1 atom stereocenters. The van der Waals surface area contributed by atoms with Crippen LogP contribution < -0.4 is 15.4 Å². The molecule has 6 nitrogen and oxygen atoms in total. The molecule has 1 aromatic heterocycles. The first-order valence-corrected chi connectivity index (χ1v) is 8.23. The maximum Gasteiger partial charge on any atom is 0.319 e. The molecule has 1 unspecified atom stereocenters. The highest BCUT2D eigenvalue weighted by Gasteiger charge is 2.14. The van der Waals surface area contributed by atoms with E-state index in [9.17, 15) is 4.79 Å². The van der Waals surface area contributed by atoms with Crippen LogP contribution in [0.2, 0.25) is 0 Å². The highest BCUT2D eigenvalue weighted by molar-refractivity contribution is 5.90. The molecule has 2 aromatic rings. The average Bonchev–Trinajstić information content (AvgIpc) is 2.59. The van der Waals surface area contributed by atoms with Gasteiger partial charge in [-0.3, -0.25) is 0 Å². The molecule has 0 saturated heterocycles. The molecule has 2 amide bonds. The molecule has 1 aromatic carbocycles. The molecule has 25 heavy (non-hydrogen) atoms. The number of nitrogens with one attached hydrogen (secondary N) is 2. The number of anilines is 1. The average molecular weight is 343 g/mol. The zero-order valence-electron chi connectivity index (χ0n) is 15.1. The van der Waals surface area contributed by atoms with Crippen LogP contribution in [0, 0.1) is 13.8 Å². The van der Waals surface area contributed by atoms with Crippen LogP contribution in [0.5, 0.6) is 5.88 Å². The Labute approximate surface area is 148 Å². The molecule has 0 radical (unpaired) electrons. The van der Waals surface area contributed by atoms with E-state index in [4.69, 9.17) is 9.47 Å². The number of carbonyl (C=O) groups is 1. The first-order valence-electron chi connectivity index (χ1n) is 8.23. The zero-order chi connectivity index (χ0) is 18.2. The lowest BCUT2D eigenvalue weighted by Crippen LogP contribution is -2.31. The third-order valence-corrected chi connectivity index (χ3v) is 4.01. The zero-order valence-corrected chi connectivity index (χ0v) is 15.1. The Bertz CT molecular complexity index is 719. The molecule has 0 spiro atoms. The van der Waals surface area contributed by atoms with Crippen molar-refractivity contribution < 1.29 is 14.3 Å². The van der Waals surface area contributed by atoms with Crippen molar-refractivity contribution in [2.75, 3.05) is 25.6 Å². The van der Waals surface area contributed by atoms with Gasteiger partial charge in [0.05, 0.1) is 12.6 Å². The fraction of sp³-hybridized carbons (Fsp3) is 0.368. The smallest absolute Gasteiger partial charge is 0.319 e. The van der Waals surface area contributed by atoms with Crippen molar-refractivity contribution in [1.82, 2.24) is 10.3 Å². The van der Waals surface area contributed by atoms with E-state index in [0.717, 1.165) is 5.56 Å². The summed E-state index contributed by atoms with van der Waals surface area (Å²) in [6, 6.07) is 9.15. The number of pyridine rings is 1. The van der Waals surface area contributed by atoms with Gasteiger partial charge in [-0.15, -0.1) is 0 Å². The SMILES string of the molecule is COCCOc1ncccc1NC(=O)NC(C)c1cccc(C)c1C. The largest absolute Gasteiger partial charge is 0.474 e. The van der Waals surface area contributed by atoms with Gasteiger partial charge in [-0.1, -0.05) is 18.2 Å². The number of rotatable bonds is 7. The summed E-state index contributed by atoms with van der Waals surface area (Å²) < 4.78 is 10.5. The maximum atomic E-state index is 12.3. The third kappa shape index (κ3) is 5.19. The van der Waals surface area contributed by atoms with Crippen molar-refractivity contribution in [3.05, 3.63) is 53.2 Å². The normalized spacial score (nSPS) is 11.7. The van der Waals surface area contributed by atoms with Crippen LogP contribution in [-0.4, -0.2) is 31.3 Å². The Morgan fingerprint density at radius 2 is 2.00 bits per heavy atom. The van der Waals surface area contributed by atoms with Crippen molar-refractivity contribution in [3.8, 4) is 5.88 Å². The van der Waals surface area contributed by atoms with Crippen LogP contribution in [-0.2, 0) is 4.74 Å². The van der Waals surface area contributed by atoms with Gasteiger partial charge < -0.3 is 20.1 Å². The van der Waals surface area contributed by atoms with Gasteiger partial charge in [0.1, 0.15) is 12.3 Å². The minimum Gasteiger partial charge on any atom is -0.474 e. The van der Waals surface area contributed by atoms with Crippen molar-refractivity contribution in [2.24, 2.45) is 0 Å². The fourth-order valence-corrected chi connectivity index (χ4v) is 2.50. The summed E-state index contributed by atoms with van der Waals surface area (Å²) in [5.74, 6) is 0.370. The van der Waals surface area contributed by atoms with Crippen molar-refractivity contribution in [2.45, 2.75) is 26.8 Å². The summed E-state index contributed by atoms with van der Waals surface area (Å²) in [6.07, 6.45) is 1.62. The highest BCUT2D eigenvalue weighted by Crippen LogP contribution is 2.22. The van der Waals surface area contributed by atoms with E-state index in [1.54, 1.807) is 25.4 Å². The lowest BCUT2D eigenvalue weighted by Gasteiger charge is -2.19. The lowest BCUT2D eigenvalue weighted by atomic mass is 9.98. The summed E-state index contributed by atoms with van der Waals surface area (Å²) in [5.41, 5.74) is 4.00. The first-order chi connectivity index (χ1) is 12.0. The van der Waals surface area contributed by atoms with Gasteiger partial charge in [0.25, 0.3) is 0 Å². The lowest BCUT2D eigenvalue weighted by molar-refractivity contribution is 0.144. The molecular weight excluding hydrogens is 318 g/mol. The van der Waals surface area contributed by atoms with Crippen LogP contribution in [0.15, 0.2) is 36.5 Å². The molecule has 2 N–H and O–H groups in total. The van der Waals surface area contributed by atoms with Crippen molar-refractivity contribution in [1.29, 1.82) is 0 Å². The topological polar surface area (TPSA) is 72.5 Å². The predicted octanol–water partition coefficient (Wildman–Crippen LogP) is 3.61. The highest BCUT2D eigenvalue weighted by atomic mass is 16.5. The quantitative estimate of drug-likeness (QED) is 0.753. The second-order valence-electron chi connectivity index (χ2n) is 5.81. The van der Waals surface area contributed by atoms with Crippen LogP contribution in [0.3, 0.4) is 0 Å². The molecule has 0 bridgehead atoms. The minimum atomic E-state index is -0.307. The number of aryl methyl sites for hydroxylation is 1. The van der Waals surface area contributed by atoms with E-state index in [1.807, 2.05) is 19.1 Å². The van der Waals surface area contributed by atoms with Gasteiger partial charge in [-0.2, -0.15) is 0 Å². The van der Waals surface area contributed by atoms with E-state index >= 15 is 0 Å². The summed E-state index contributed by atoms with van der Waals surface area (Å²) in [4.78, 5) is 16.5. The van der Waals surface area contributed by atoms with Gasteiger partial charge in [0.2, 0.25) is 5.88 Å². The Hall–Kier alpha value is -2.60. The molecule has 6 heteroatoms. The van der Waals surface area contributed by atoms with E-state index < -0.39 is 0 Å². The Kier molecular flexibility index (Phi) is 6.77. The molecule has 0 aliphatic heterocycles. The number of nitrogens with zero attached hydrogens (tertiary/aromatic N) is 1.